The van der Waals surface area contributed by atoms with Gasteiger partial charge in [-0.25, -0.2) is 4.98 Å². The molecule has 2 aromatic rings. The number of rotatable bonds is 4. The van der Waals surface area contributed by atoms with Gasteiger partial charge < -0.3 is 4.57 Å². The van der Waals surface area contributed by atoms with Gasteiger partial charge in [-0.15, -0.1) is 0 Å². The van der Waals surface area contributed by atoms with Gasteiger partial charge in [-0.2, -0.15) is 15.8 Å². The summed E-state index contributed by atoms with van der Waals surface area (Å²) in [5, 5.41) is 28.3. The second kappa shape index (κ2) is 6.19. The van der Waals surface area contributed by atoms with Gasteiger partial charge in [0.1, 0.15) is 11.8 Å². The summed E-state index contributed by atoms with van der Waals surface area (Å²) >= 11 is 0. The van der Waals surface area contributed by atoms with Crippen molar-refractivity contribution in [3.05, 3.63) is 53.1 Å². The molecule has 0 spiro atoms. The van der Waals surface area contributed by atoms with E-state index in [0.717, 1.165) is 16.7 Å². The summed E-state index contributed by atoms with van der Waals surface area (Å²) in [6.45, 7) is 7.81. The SMILES string of the molecule is CC(C)(C#N)c1cccc(C(C)(C)C#N)c1Cn1cncc1C#N. The van der Waals surface area contributed by atoms with E-state index in [1.165, 1.54) is 6.20 Å². The Kier molecular flexibility index (Phi) is 4.45. The zero-order valence-corrected chi connectivity index (χ0v) is 14.3. The van der Waals surface area contributed by atoms with E-state index in [1.54, 1.807) is 10.9 Å². The number of hydrogen-bond acceptors (Lipinski definition) is 4. The minimum atomic E-state index is -0.704. The molecule has 0 aliphatic rings. The highest BCUT2D eigenvalue weighted by atomic mass is 15.0. The van der Waals surface area contributed by atoms with Gasteiger partial charge in [-0.1, -0.05) is 18.2 Å². The molecule has 0 unspecified atom stereocenters. The summed E-state index contributed by atoms with van der Waals surface area (Å²) in [5.41, 5.74) is 1.66. The fourth-order valence-corrected chi connectivity index (χ4v) is 2.76. The molecule has 0 aliphatic carbocycles. The number of nitrogens with zero attached hydrogens (tertiary/aromatic N) is 5. The highest BCUT2D eigenvalue weighted by Gasteiger charge is 2.30. The molecule has 0 saturated heterocycles. The third kappa shape index (κ3) is 3.00. The summed E-state index contributed by atoms with van der Waals surface area (Å²) in [6, 6.07) is 12.5. The van der Waals surface area contributed by atoms with E-state index >= 15 is 0 Å². The summed E-state index contributed by atoms with van der Waals surface area (Å²) in [5.74, 6) is 0. The molecule has 1 aromatic carbocycles. The Bertz CT molecular complexity index is 837. The molecule has 0 saturated carbocycles. The molecule has 1 heterocycles. The Balaban J connectivity index is 2.73. The van der Waals surface area contributed by atoms with E-state index in [0.29, 0.717) is 12.2 Å². The molecule has 24 heavy (non-hydrogen) atoms. The van der Waals surface area contributed by atoms with Crippen molar-refractivity contribution in [3.63, 3.8) is 0 Å². The number of aromatic nitrogens is 2. The van der Waals surface area contributed by atoms with E-state index in [2.05, 4.69) is 23.2 Å². The normalized spacial score (nSPS) is 11.4. The Morgan fingerprint density at radius 2 is 1.54 bits per heavy atom. The predicted molar refractivity (Wildman–Crippen MR) is 89.8 cm³/mol. The molecule has 0 bridgehead atoms. The monoisotopic (exact) mass is 317 g/mol. The van der Waals surface area contributed by atoms with Gasteiger partial charge in [0.25, 0.3) is 0 Å². The molecule has 2 rings (SSSR count). The maximum absolute atomic E-state index is 9.56. The van der Waals surface area contributed by atoms with Crippen LogP contribution in [0.4, 0.5) is 0 Å². The Morgan fingerprint density at radius 1 is 1.00 bits per heavy atom. The van der Waals surface area contributed by atoms with Crippen LogP contribution in [0.5, 0.6) is 0 Å². The number of hydrogen-bond donors (Lipinski definition) is 0. The quantitative estimate of drug-likeness (QED) is 0.864. The zero-order valence-electron chi connectivity index (χ0n) is 14.3. The summed E-state index contributed by atoms with van der Waals surface area (Å²) < 4.78 is 1.74. The summed E-state index contributed by atoms with van der Waals surface area (Å²) in [6.07, 6.45) is 3.10. The van der Waals surface area contributed by atoms with Gasteiger partial charge in [0.2, 0.25) is 0 Å². The molecule has 0 aliphatic heterocycles. The average molecular weight is 317 g/mol. The minimum absolute atomic E-state index is 0.393. The average Bonchev–Trinajstić information content (AvgIpc) is 3.02. The van der Waals surface area contributed by atoms with Crippen LogP contribution < -0.4 is 0 Å². The highest BCUT2D eigenvalue weighted by Crippen LogP contribution is 2.34. The third-order valence-corrected chi connectivity index (χ3v) is 4.24. The number of nitriles is 3. The van der Waals surface area contributed by atoms with Gasteiger partial charge in [0, 0.05) is 0 Å². The first-order chi connectivity index (χ1) is 11.3. The van der Waals surface area contributed by atoms with Crippen LogP contribution in [0.2, 0.25) is 0 Å². The summed E-state index contributed by atoms with van der Waals surface area (Å²) in [7, 11) is 0. The van der Waals surface area contributed by atoms with Crippen molar-refractivity contribution in [2.24, 2.45) is 0 Å². The van der Waals surface area contributed by atoms with Crippen LogP contribution in [0.15, 0.2) is 30.7 Å². The Labute approximate surface area is 142 Å². The van der Waals surface area contributed by atoms with E-state index in [9.17, 15) is 15.8 Å². The van der Waals surface area contributed by atoms with Crippen molar-refractivity contribution in [1.29, 1.82) is 15.8 Å². The van der Waals surface area contributed by atoms with Gasteiger partial charge in [-0.3, -0.25) is 0 Å². The first-order valence-corrected chi connectivity index (χ1v) is 7.62. The molecular weight excluding hydrogens is 298 g/mol. The zero-order chi connectivity index (χ0) is 18.0. The molecular formula is C19H19N5. The van der Waals surface area contributed by atoms with Crippen LogP contribution in [-0.2, 0) is 17.4 Å². The van der Waals surface area contributed by atoms with E-state index in [1.807, 2.05) is 45.9 Å². The van der Waals surface area contributed by atoms with Crippen molar-refractivity contribution in [1.82, 2.24) is 9.55 Å². The van der Waals surface area contributed by atoms with Crippen LogP contribution in [-0.4, -0.2) is 9.55 Å². The maximum Gasteiger partial charge on any atom is 0.140 e. The fraction of sp³-hybridized carbons (Fsp3) is 0.368. The highest BCUT2D eigenvalue weighted by molar-refractivity contribution is 5.48. The number of imidazole rings is 1. The van der Waals surface area contributed by atoms with Crippen LogP contribution >= 0.6 is 0 Å². The fourth-order valence-electron chi connectivity index (χ4n) is 2.76. The van der Waals surface area contributed by atoms with E-state index in [-0.39, 0.29) is 0 Å². The molecule has 1 aromatic heterocycles. The number of benzene rings is 1. The largest absolute Gasteiger partial charge is 0.318 e. The molecule has 0 atom stereocenters. The topological polar surface area (TPSA) is 89.2 Å². The lowest BCUT2D eigenvalue weighted by molar-refractivity contribution is 0.626. The van der Waals surface area contributed by atoms with Gasteiger partial charge in [0.15, 0.2) is 0 Å². The summed E-state index contributed by atoms with van der Waals surface area (Å²) in [4.78, 5) is 4.02. The predicted octanol–water partition coefficient (Wildman–Crippen LogP) is 3.41. The Morgan fingerprint density at radius 3 is 2.00 bits per heavy atom. The van der Waals surface area contributed by atoms with Gasteiger partial charge in [-0.05, 0) is 44.4 Å². The van der Waals surface area contributed by atoms with Crippen LogP contribution in [0.3, 0.4) is 0 Å². The molecule has 120 valence electrons. The van der Waals surface area contributed by atoms with Crippen LogP contribution in [0.1, 0.15) is 50.1 Å². The standard InChI is InChI=1S/C19H19N5/c1-18(2,11-21)16-6-5-7-17(19(3,4)12-22)15(16)10-24-13-23-9-14(24)8-20/h5-7,9,13H,10H2,1-4H3. The van der Waals surface area contributed by atoms with Crippen molar-refractivity contribution in [3.8, 4) is 18.2 Å². The second-order valence-corrected chi connectivity index (χ2v) is 6.82. The molecule has 0 fully saturated rings. The maximum atomic E-state index is 9.56. The van der Waals surface area contributed by atoms with Crippen molar-refractivity contribution >= 4 is 0 Å². The molecule has 5 heteroatoms. The van der Waals surface area contributed by atoms with Crippen LogP contribution in [0.25, 0.3) is 0 Å². The lowest BCUT2D eigenvalue weighted by Crippen LogP contribution is -2.24. The molecule has 5 nitrogen and oxygen atoms in total. The first-order valence-electron chi connectivity index (χ1n) is 7.62. The van der Waals surface area contributed by atoms with Crippen molar-refractivity contribution < 1.29 is 0 Å². The van der Waals surface area contributed by atoms with Gasteiger partial charge >= 0.3 is 0 Å². The Hall–Kier alpha value is -3.10. The van der Waals surface area contributed by atoms with Crippen molar-refractivity contribution in [2.45, 2.75) is 45.1 Å². The lowest BCUT2D eigenvalue weighted by atomic mass is 9.76. The van der Waals surface area contributed by atoms with Crippen LogP contribution in [0, 0.1) is 34.0 Å². The molecule has 0 radical (unpaired) electrons. The van der Waals surface area contributed by atoms with Gasteiger partial charge in [0.05, 0.1) is 42.0 Å². The van der Waals surface area contributed by atoms with Crippen molar-refractivity contribution in [2.75, 3.05) is 0 Å². The minimum Gasteiger partial charge on any atom is -0.318 e. The second-order valence-electron chi connectivity index (χ2n) is 6.82. The van der Waals surface area contributed by atoms with E-state index < -0.39 is 10.8 Å². The van der Waals surface area contributed by atoms with E-state index in [4.69, 9.17) is 0 Å². The first kappa shape index (κ1) is 17.3. The third-order valence-electron chi connectivity index (χ3n) is 4.24. The smallest absolute Gasteiger partial charge is 0.140 e. The lowest BCUT2D eigenvalue weighted by Gasteiger charge is -2.27. The molecule has 0 N–H and O–H groups in total. The molecule has 0 amide bonds.